The van der Waals surface area contributed by atoms with E-state index in [-0.39, 0.29) is 6.10 Å². The van der Waals surface area contributed by atoms with Gasteiger partial charge >= 0.3 is 6.18 Å². The Hall–Kier alpha value is -1.23. The summed E-state index contributed by atoms with van der Waals surface area (Å²) in [5.74, 6) is 0. The van der Waals surface area contributed by atoms with Crippen molar-refractivity contribution in [3.05, 3.63) is 58.3 Å². The molecule has 1 nitrogen and oxygen atoms in total. The lowest BCUT2D eigenvalue weighted by Crippen LogP contribution is -2.12. The number of hydrogen-bond acceptors (Lipinski definition) is 1. The van der Waals surface area contributed by atoms with Crippen molar-refractivity contribution < 1.29 is 17.9 Å². The highest BCUT2D eigenvalue weighted by atomic mass is 79.9. The summed E-state index contributed by atoms with van der Waals surface area (Å²) in [5.41, 5.74) is 0.346. The average Bonchev–Trinajstić information content (AvgIpc) is 2.36. The molecule has 0 radical (unpaired) electrons. The molecule has 0 saturated heterocycles. The molecule has 1 atom stereocenters. The zero-order valence-corrected chi connectivity index (χ0v) is 12.8. The highest BCUT2D eigenvalue weighted by molar-refractivity contribution is 9.11. The van der Waals surface area contributed by atoms with Gasteiger partial charge in [-0.05, 0) is 31.6 Å². The lowest BCUT2D eigenvalue weighted by Gasteiger charge is -2.17. The maximum atomic E-state index is 12.7. The van der Waals surface area contributed by atoms with Crippen LogP contribution < -0.4 is 0 Å². The second kappa shape index (κ2) is 7.53. The third-order valence-corrected chi connectivity index (χ3v) is 3.61. The minimum Gasteiger partial charge on any atom is -0.494 e. The number of alkyl halides is 3. The number of hydrogen-bond donors (Lipinski definition) is 0. The molecule has 1 rings (SSSR count). The van der Waals surface area contributed by atoms with Crippen molar-refractivity contribution in [3.63, 3.8) is 0 Å². The molecule has 0 N–H and O–H groups in total. The molecule has 0 aromatic rings. The van der Waals surface area contributed by atoms with E-state index in [0.717, 1.165) is 28.5 Å². The van der Waals surface area contributed by atoms with Gasteiger partial charge in [0.25, 0.3) is 0 Å². The van der Waals surface area contributed by atoms with Gasteiger partial charge in [0.2, 0.25) is 0 Å². The number of allylic oxidation sites excluding steroid dienone is 7. The predicted octanol–water partition coefficient (Wildman–Crippen LogP) is 5.58. The van der Waals surface area contributed by atoms with Crippen LogP contribution in [0.3, 0.4) is 0 Å². The lowest BCUT2D eigenvalue weighted by molar-refractivity contribution is -0.0884. The van der Waals surface area contributed by atoms with E-state index in [1.807, 2.05) is 19.1 Å². The number of rotatable bonds is 4. The summed E-state index contributed by atoms with van der Waals surface area (Å²) < 4.78 is 44.4. The highest BCUT2D eigenvalue weighted by Gasteiger charge is 2.31. The molecule has 1 aliphatic rings. The first-order chi connectivity index (χ1) is 9.34. The Bertz CT molecular complexity index is 482. The minimum absolute atomic E-state index is 0.250. The first kappa shape index (κ1) is 16.8. The minimum atomic E-state index is -4.39. The van der Waals surface area contributed by atoms with Gasteiger partial charge in [-0.3, -0.25) is 0 Å². The SMILES string of the molecule is C\C=C/C=C(\C=C\OC1C=CC(C)=C(Br)C1)C(F)(F)F. The molecular weight excluding hydrogens is 333 g/mol. The van der Waals surface area contributed by atoms with Crippen LogP contribution in [0.5, 0.6) is 0 Å². The molecule has 20 heavy (non-hydrogen) atoms. The van der Waals surface area contributed by atoms with E-state index in [1.165, 1.54) is 12.2 Å². The fraction of sp³-hybridized carbons (Fsp3) is 0.333. The quantitative estimate of drug-likeness (QED) is 0.476. The van der Waals surface area contributed by atoms with Gasteiger partial charge in [0, 0.05) is 10.9 Å². The third-order valence-electron chi connectivity index (χ3n) is 2.67. The number of ether oxygens (including phenoxy) is 1. The molecule has 0 heterocycles. The summed E-state index contributed by atoms with van der Waals surface area (Å²) in [6.07, 6.45) is 5.61. The fourth-order valence-corrected chi connectivity index (χ4v) is 1.95. The van der Waals surface area contributed by atoms with Crippen LogP contribution in [-0.2, 0) is 4.74 Å². The van der Waals surface area contributed by atoms with Gasteiger partial charge < -0.3 is 4.74 Å². The molecule has 1 aliphatic carbocycles. The zero-order chi connectivity index (χ0) is 15.2. The van der Waals surface area contributed by atoms with Crippen molar-refractivity contribution in [2.75, 3.05) is 0 Å². The van der Waals surface area contributed by atoms with Crippen molar-refractivity contribution >= 4 is 15.9 Å². The largest absolute Gasteiger partial charge is 0.494 e. The van der Waals surface area contributed by atoms with Crippen LogP contribution in [0.4, 0.5) is 13.2 Å². The summed E-state index contributed by atoms with van der Waals surface area (Å²) in [6.45, 7) is 3.61. The molecule has 0 saturated carbocycles. The van der Waals surface area contributed by atoms with E-state index in [9.17, 15) is 13.2 Å². The van der Waals surface area contributed by atoms with Gasteiger partial charge in [-0.25, -0.2) is 0 Å². The average molecular weight is 349 g/mol. The summed E-state index contributed by atoms with van der Waals surface area (Å²) >= 11 is 3.40. The topological polar surface area (TPSA) is 9.23 Å². The van der Waals surface area contributed by atoms with Crippen LogP contribution in [0, 0.1) is 0 Å². The molecule has 0 aromatic heterocycles. The van der Waals surface area contributed by atoms with Gasteiger partial charge in [-0.15, -0.1) is 0 Å². The Kier molecular flexibility index (Phi) is 6.33. The molecular formula is C15H16BrF3O. The Morgan fingerprint density at radius 1 is 1.45 bits per heavy atom. The van der Waals surface area contributed by atoms with Crippen LogP contribution in [-0.4, -0.2) is 12.3 Å². The Balaban J connectivity index is 2.66. The van der Waals surface area contributed by atoms with Crippen LogP contribution in [0.1, 0.15) is 20.3 Å². The van der Waals surface area contributed by atoms with Crippen molar-refractivity contribution in [2.24, 2.45) is 0 Å². The van der Waals surface area contributed by atoms with E-state index in [1.54, 1.807) is 6.92 Å². The van der Waals surface area contributed by atoms with Gasteiger partial charge in [-0.1, -0.05) is 40.2 Å². The van der Waals surface area contributed by atoms with Crippen molar-refractivity contribution in [1.82, 2.24) is 0 Å². The van der Waals surface area contributed by atoms with E-state index in [0.29, 0.717) is 6.42 Å². The van der Waals surface area contributed by atoms with E-state index < -0.39 is 11.7 Å². The smallest absolute Gasteiger partial charge is 0.416 e. The van der Waals surface area contributed by atoms with Crippen molar-refractivity contribution in [1.29, 1.82) is 0 Å². The van der Waals surface area contributed by atoms with E-state index in [4.69, 9.17) is 4.74 Å². The van der Waals surface area contributed by atoms with Gasteiger partial charge in [-0.2, -0.15) is 13.2 Å². The van der Waals surface area contributed by atoms with Crippen molar-refractivity contribution in [2.45, 2.75) is 32.5 Å². The van der Waals surface area contributed by atoms with E-state index in [2.05, 4.69) is 15.9 Å². The molecule has 0 bridgehead atoms. The summed E-state index contributed by atoms with van der Waals surface area (Å²) in [4.78, 5) is 0. The first-order valence-corrected chi connectivity index (χ1v) is 6.89. The van der Waals surface area contributed by atoms with Gasteiger partial charge in [0.05, 0.1) is 11.8 Å². The standard InChI is InChI=1S/C15H16BrF3O/c1-3-4-5-12(15(17,18)19)8-9-20-13-7-6-11(2)14(16)10-13/h3-9,13H,10H2,1-2H3/b4-3-,9-8+,12-5+. The molecule has 0 aliphatic heterocycles. The summed E-state index contributed by atoms with van der Waals surface area (Å²) in [5, 5.41) is 0. The molecule has 0 amide bonds. The van der Waals surface area contributed by atoms with Gasteiger partial charge in [0.15, 0.2) is 0 Å². The summed E-state index contributed by atoms with van der Waals surface area (Å²) in [6, 6.07) is 0. The highest BCUT2D eigenvalue weighted by Crippen LogP contribution is 2.28. The molecule has 110 valence electrons. The van der Waals surface area contributed by atoms with Gasteiger partial charge in [0.1, 0.15) is 6.10 Å². The van der Waals surface area contributed by atoms with Crippen LogP contribution >= 0.6 is 15.9 Å². The monoisotopic (exact) mass is 348 g/mol. The molecule has 0 spiro atoms. The molecule has 0 aromatic carbocycles. The molecule has 5 heteroatoms. The lowest BCUT2D eigenvalue weighted by atomic mass is 10.1. The predicted molar refractivity (Wildman–Crippen MR) is 78.3 cm³/mol. The third kappa shape index (κ3) is 5.41. The first-order valence-electron chi connectivity index (χ1n) is 6.10. The molecule has 1 unspecified atom stereocenters. The second-order valence-corrected chi connectivity index (χ2v) is 5.23. The molecule has 0 fully saturated rings. The van der Waals surface area contributed by atoms with Crippen molar-refractivity contribution in [3.8, 4) is 0 Å². The number of halogens is 4. The van der Waals surface area contributed by atoms with E-state index >= 15 is 0 Å². The summed E-state index contributed by atoms with van der Waals surface area (Å²) in [7, 11) is 0. The maximum Gasteiger partial charge on any atom is 0.416 e. The zero-order valence-electron chi connectivity index (χ0n) is 11.2. The van der Waals surface area contributed by atoms with Crippen LogP contribution in [0.2, 0.25) is 0 Å². The maximum absolute atomic E-state index is 12.7. The second-order valence-electron chi connectivity index (χ2n) is 4.27. The Morgan fingerprint density at radius 3 is 2.70 bits per heavy atom. The fourth-order valence-electron chi connectivity index (χ4n) is 1.50. The normalized spacial score (nSPS) is 21.3. The van der Waals surface area contributed by atoms with Crippen LogP contribution in [0.15, 0.2) is 58.3 Å². The van der Waals surface area contributed by atoms with Crippen LogP contribution in [0.25, 0.3) is 0 Å². The Labute approximate surface area is 125 Å². The Morgan fingerprint density at radius 2 is 2.15 bits per heavy atom.